The molecule has 7 heteroatoms. The summed E-state index contributed by atoms with van der Waals surface area (Å²) in [7, 11) is 0. The number of amides is 2. The van der Waals surface area contributed by atoms with E-state index in [0.717, 1.165) is 5.56 Å². The van der Waals surface area contributed by atoms with Gasteiger partial charge in [0.1, 0.15) is 5.82 Å². The van der Waals surface area contributed by atoms with E-state index in [1.807, 2.05) is 0 Å². The number of nitro groups is 1. The molecule has 0 spiro atoms. The second kappa shape index (κ2) is 7.35. The van der Waals surface area contributed by atoms with Crippen LogP contribution in [0, 0.1) is 22.9 Å². The molecule has 0 aliphatic carbocycles. The van der Waals surface area contributed by atoms with Gasteiger partial charge in [0.2, 0.25) is 0 Å². The fraction of sp³-hybridized carbons (Fsp3) is 0.188. The normalized spacial score (nSPS) is 10.2. The number of carbonyl (C=O) groups is 1. The largest absolute Gasteiger partial charge is 0.338 e. The van der Waals surface area contributed by atoms with E-state index in [4.69, 9.17) is 0 Å². The quantitative estimate of drug-likeness (QED) is 0.654. The fourth-order valence-electron chi connectivity index (χ4n) is 2.09. The molecule has 2 amide bonds. The predicted octanol–water partition coefficient (Wildman–Crippen LogP) is 3.41. The molecule has 0 saturated carbocycles. The lowest BCUT2D eigenvalue weighted by Crippen LogP contribution is -2.30. The first-order valence-electron chi connectivity index (χ1n) is 7.00. The molecule has 120 valence electrons. The van der Waals surface area contributed by atoms with Crippen LogP contribution >= 0.6 is 0 Å². The van der Waals surface area contributed by atoms with Crippen molar-refractivity contribution in [1.29, 1.82) is 0 Å². The van der Waals surface area contributed by atoms with E-state index < -0.39 is 11.0 Å². The predicted molar refractivity (Wildman–Crippen MR) is 85.0 cm³/mol. The number of benzene rings is 2. The minimum atomic E-state index is -0.493. The molecule has 0 bridgehead atoms. The van der Waals surface area contributed by atoms with E-state index in [1.165, 1.54) is 24.3 Å². The van der Waals surface area contributed by atoms with Crippen molar-refractivity contribution in [2.24, 2.45) is 0 Å². The highest BCUT2D eigenvalue weighted by atomic mass is 19.1. The lowest BCUT2D eigenvalue weighted by Gasteiger charge is -2.10. The molecular weight excluding hydrogens is 301 g/mol. The molecule has 0 heterocycles. The van der Waals surface area contributed by atoms with Crippen LogP contribution in [0.3, 0.4) is 0 Å². The minimum Gasteiger partial charge on any atom is -0.338 e. The number of rotatable bonds is 5. The maximum absolute atomic E-state index is 12.8. The summed E-state index contributed by atoms with van der Waals surface area (Å²) in [6.45, 7) is 1.94. The van der Waals surface area contributed by atoms with Crippen molar-refractivity contribution in [2.45, 2.75) is 13.3 Å². The molecule has 0 atom stereocenters. The molecule has 0 aromatic heterocycles. The summed E-state index contributed by atoms with van der Waals surface area (Å²) in [6.07, 6.45) is 0.557. The monoisotopic (exact) mass is 317 g/mol. The maximum atomic E-state index is 12.8. The average molecular weight is 317 g/mol. The first-order chi connectivity index (χ1) is 11.0. The Morgan fingerprint density at radius 2 is 1.91 bits per heavy atom. The van der Waals surface area contributed by atoms with Crippen molar-refractivity contribution >= 4 is 17.4 Å². The molecule has 6 nitrogen and oxygen atoms in total. The molecular formula is C16H16FN3O3. The number of urea groups is 1. The Morgan fingerprint density at radius 1 is 1.22 bits per heavy atom. The summed E-state index contributed by atoms with van der Waals surface area (Å²) < 4.78 is 12.8. The van der Waals surface area contributed by atoms with Crippen LogP contribution < -0.4 is 10.6 Å². The molecule has 0 saturated heterocycles. The molecule has 2 rings (SSSR count). The van der Waals surface area contributed by atoms with Gasteiger partial charge in [-0.3, -0.25) is 10.1 Å². The topological polar surface area (TPSA) is 84.3 Å². The van der Waals surface area contributed by atoms with Crippen molar-refractivity contribution in [1.82, 2.24) is 5.32 Å². The number of nitrogens with one attached hydrogen (secondary N) is 2. The standard InChI is InChI=1S/C16H16FN3O3/c1-11-14(3-2-4-15(11)20(22)23)19-16(21)18-10-9-12-5-7-13(17)8-6-12/h2-8H,9-10H2,1H3,(H2,18,19,21). The van der Waals surface area contributed by atoms with Gasteiger partial charge in [0, 0.05) is 12.6 Å². The van der Waals surface area contributed by atoms with Crippen LogP contribution in [-0.4, -0.2) is 17.5 Å². The summed E-state index contributed by atoms with van der Waals surface area (Å²) in [5.41, 5.74) is 1.64. The van der Waals surface area contributed by atoms with Gasteiger partial charge in [-0.2, -0.15) is 0 Å². The molecule has 0 aliphatic heterocycles. The highest BCUT2D eigenvalue weighted by Gasteiger charge is 2.14. The minimum absolute atomic E-state index is 0.0471. The summed E-state index contributed by atoms with van der Waals surface area (Å²) in [5, 5.41) is 16.1. The van der Waals surface area contributed by atoms with Crippen LogP contribution in [0.5, 0.6) is 0 Å². The number of nitrogens with zero attached hydrogens (tertiary/aromatic N) is 1. The zero-order valence-corrected chi connectivity index (χ0v) is 12.5. The number of hydrogen-bond acceptors (Lipinski definition) is 3. The Bertz CT molecular complexity index is 717. The number of nitro benzene ring substituents is 1. The summed E-state index contributed by atoms with van der Waals surface area (Å²) in [6, 6.07) is 10.1. The third-order valence-corrected chi connectivity index (χ3v) is 3.36. The highest BCUT2D eigenvalue weighted by molar-refractivity contribution is 5.90. The third kappa shape index (κ3) is 4.50. The lowest BCUT2D eigenvalue weighted by atomic mass is 10.1. The first-order valence-corrected chi connectivity index (χ1v) is 7.00. The van der Waals surface area contributed by atoms with Gasteiger partial charge < -0.3 is 10.6 Å². The van der Waals surface area contributed by atoms with E-state index in [1.54, 1.807) is 25.1 Å². The highest BCUT2D eigenvalue weighted by Crippen LogP contribution is 2.24. The van der Waals surface area contributed by atoms with Crippen molar-refractivity contribution in [2.75, 3.05) is 11.9 Å². The zero-order chi connectivity index (χ0) is 16.8. The molecule has 2 aromatic carbocycles. The second-order valence-electron chi connectivity index (χ2n) is 4.96. The molecule has 0 aliphatic rings. The Kier molecular flexibility index (Phi) is 5.24. The smallest absolute Gasteiger partial charge is 0.319 e. The third-order valence-electron chi connectivity index (χ3n) is 3.36. The Balaban J connectivity index is 1.89. The van der Waals surface area contributed by atoms with Gasteiger partial charge in [-0.05, 0) is 37.1 Å². The zero-order valence-electron chi connectivity index (χ0n) is 12.5. The molecule has 2 aromatic rings. The molecule has 0 radical (unpaired) electrons. The van der Waals surface area contributed by atoms with Gasteiger partial charge in [0.25, 0.3) is 5.69 Å². The molecule has 0 fully saturated rings. The van der Waals surface area contributed by atoms with Crippen LogP contribution in [-0.2, 0) is 6.42 Å². The number of hydrogen-bond donors (Lipinski definition) is 2. The van der Waals surface area contributed by atoms with E-state index in [0.29, 0.717) is 24.2 Å². The first kappa shape index (κ1) is 16.4. The van der Waals surface area contributed by atoms with Crippen LogP contribution in [0.25, 0.3) is 0 Å². The van der Waals surface area contributed by atoms with Crippen molar-refractivity contribution in [3.8, 4) is 0 Å². The van der Waals surface area contributed by atoms with Crippen LogP contribution in [0.1, 0.15) is 11.1 Å². The summed E-state index contributed by atoms with van der Waals surface area (Å²) >= 11 is 0. The Morgan fingerprint density at radius 3 is 2.57 bits per heavy atom. The SMILES string of the molecule is Cc1c(NC(=O)NCCc2ccc(F)cc2)cccc1[N+](=O)[O-]. The van der Waals surface area contributed by atoms with Crippen LogP contribution in [0.4, 0.5) is 20.6 Å². The van der Waals surface area contributed by atoms with Crippen molar-refractivity contribution in [3.05, 3.63) is 69.5 Å². The molecule has 0 unspecified atom stereocenters. The summed E-state index contributed by atoms with van der Waals surface area (Å²) in [5.74, 6) is -0.305. The number of anilines is 1. The average Bonchev–Trinajstić information content (AvgIpc) is 2.51. The van der Waals surface area contributed by atoms with Gasteiger partial charge in [0.05, 0.1) is 16.2 Å². The maximum Gasteiger partial charge on any atom is 0.319 e. The van der Waals surface area contributed by atoms with E-state index >= 15 is 0 Å². The fourth-order valence-corrected chi connectivity index (χ4v) is 2.09. The van der Waals surface area contributed by atoms with Crippen molar-refractivity contribution < 1.29 is 14.1 Å². The molecule has 2 N–H and O–H groups in total. The van der Waals surface area contributed by atoms with E-state index in [-0.39, 0.29) is 11.5 Å². The van der Waals surface area contributed by atoms with E-state index in [2.05, 4.69) is 10.6 Å². The van der Waals surface area contributed by atoms with Gasteiger partial charge in [-0.25, -0.2) is 9.18 Å². The molecule has 23 heavy (non-hydrogen) atoms. The number of carbonyl (C=O) groups excluding carboxylic acids is 1. The second-order valence-corrected chi connectivity index (χ2v) is 4.96. The Labute approximate surface area is 132 Å². The van der Waals surface area contributed by atoms with Gasteiger partial charge in [0.15, 0.2) is 0 Å². The van der Waals surface area contributed by atoms with Crippen LogP contribution in [0.2, 0.25) is 0 Å². The van der Waals surface area contributed by atoms with E-state index in [9.17, 15) is 19.3 Å². The van der Waals surface area contributed by atoms with Gasteiger partial charge in [-0.1, -0.05) is 18.2 Å². The van der Waals surface area contributed by atoms with Gasteiger partial charge >= 0.3 is 6.03 Å². The van der Waals surface area contributed by atoms with Crippen molar-refractivity contribution in [3.63, 3.8) is 0 Å². The summed E-state index contributed by atoms with van der Waals surface area (Å²) in [4.78, 5) is 22.2. The van der Waals surface area contributed by atoms with Gasteiger partial charge in [-0.15, -0.1) is 0 Å². The van der Waals surface area contributed by atoms with Crippen LogP contribution in [0.15, 0.2) is 42.5 Å². The Hall–Kier alpha value is -2.96. The number of halogens is 1. The lowest BCUT2D eigenvalue weighted by molar-refractivity contribution is -0.385.